The molecule has 0 aromatic rings. The van der Waals surface area contributed by atoms with Crippen molar-refractivity contribution in [3.8, 4) is 0 Å². The lowest BCUT2D eigenvalue weighted by molar-refractivity contribution is -0.497. The maximum atomic E-state index is 9.93. The van der Waals surface area contributed by atoms with Crippen molar-refractivity contribution in [1.29, 1.82) is 0 Å². The standard InChI is InChI=1S/C4H6INO2/c5-2-3-1-4(3)6(7)8/h3-4H,1-2H2. The fourth-order valence-electron chi connectivity index (χ4n) is 0.656. The van der Waals surface area contributed by atoms with Crippen LogP contribution in [0.15, 0.2) is 0 Å². The summed E-state index contributed by atoms with van der Waals surface area (Å²) in [6, 6.07) is -0.202. The Bertz CT molecular complexity index is 117. The van der Waals surface area contributed by atoms with Gasteiger partial charge in [0.15, 0.2) is 0 Å². The Hall–Kier alpha value is 0.130. The first-order valence-corrected chi connectivity index (χ1v) is 3.97. The predicted octanol–water partition coefficient (Wildman–Crippen LogP) is 1.09. The van der Waals surface area contributed by atoms with Crippen LogP contribution in [0.25, 0.3) is 0 Å². The molecule has 0 spiro atoms. The van der Waals surface area contributed by atoms with Crippen LogP contribution in [0.4, 0.5) is 0 Å². The zero-order valence-electron chi connectivity index (χ0n) is 4.21. The van der Waals surface area contributed by atoms with E-state index in [2.05, 4.69) is 22.6 Å². The van der Waals surface area contributed by atoms with E-state index < -0.39 is 0 Å². The van der Waals surface area contributed by atoms with E-state index in [9.17, 15) is 10.1 Å². The van der Waals surface area contributed by atoms with Gasteiger partial charge >= 0.3 is 0 Å². The van der Waals surface area contributed by atoms with Crippen molar-refractivity contribution in [2.45, 2.75) is 12.5 Å². The van der Waals surface area contributed by atoms with Gasteiger partial charge in [0.1, 0.15) is 0 Å². The van der Waals surface area contributed by atoms with Gasteiger partial charge in [0, 0.05) is 21.7 Å². The van der Waals surface area contributed by atoms with Gasteiger partial charge in [-0.05, 0) is 0 Å². The molecule has 4 heteroatoms. The largest absolute Gasteiger partial charge is 0.264 e. The molecule has 1 aliphatic carbocycles. The molecule has 0 aromatic heterocycles. The Morgan fingerprint density at radius 2 is 2.50 bits per heavy atom. The van der Waals surface area contributed by atoms with Crippen LogP contribution in [0.5, 0.6) is 0 Å². The molecule has 0 N–H and O–H groups in total. The molecule has 0 aromatic carbocycles. The second-order valence-electron chi connectivity index (χ2n) is 2.00. The molecule has 0 heterocycles. The minimum Gasteiger partial charge on any atom is -0.264 e. The lowest BCUT2D eigenvalue weighted by atomic mass is 10.5. The van der Waals surface area contributed by atoms with Gasteiger partial charge in [-0.2, -0.15) is 0 Å². The summed E-state index contributed by atoms with van der Waals surface area (Å²) in [5.74, 6) is 0.380. The lowest BCUT2D eigenvalue weighted by Crippen LogP contribution is -2.03. The highest BCUT2D eigenvalue weighted by Crippen LogP contribution is 2.34. The fraction of sp³-hybridized carbons (Fsp3) is 1.00. The van der Waals surface area contributed by atoms with E-state index in [1.165, 1.54) is 0 Å². The van der Waals surface area contributed by atoms with Gasteiger partial charge in [0.2, 0.25) is 6.04 Å². The van der Waals surface area contributed by atoms with E-state index in [1.807, 2.05) is 0 Å². The van der Waals surface area contributed by atoms with E-state index in [0.717, 1.165) is 10.8 Å². The summed E-state index contributed by atoms with van der Waals surface area (Å²) in [5.41, 5.74) is 0. The van der Waals surface area contributed by atoms with Crippen molar-refractivity contribution in [3.05, 3.63) is 10.1 Å². The van der Waals surface area contributed by atoms with E-state index in [4.69, 9.17) is 0 Å². The average molecular weight is 227 g/mol. The van der Waals surface area contributed by atoms with Crippen LogP contribution in [0, 0.1) is 16.0 Å². The molecule has 0 bridgehead atoms. The topological polar surface area (TPSA) is 43.1 Å². The molecule has 46 valence electrons. The Kier molecular flexibility index (Phi) is 1.69. The summed E-state index contributed by atoms with van der Waals surface area (Å²) in [4.78, 5) is 9.76. The molecule has 1 fully saturated rings. The Labute approximate surface area is 60.7 Å². The van der Waals surface area contributed by atoms with E-state index in [0.29, 0.717) is 5.92 Å². The summed E-state index contributed by atoms with van der Waals surface area (Å²) in [6.07, 6.45) is 0.802. The third kappa shape index (κ3) is 1.10. The first kappa shape index (κ1) is 6.25. The molecule has 3 nitrogen and oxygen atoms in total. The molecule has 0 radical (unpaired) electrons. The van der Waals surface area contributed by atoms with Gasteiger partial charge in [-0.3, -0.25) is 10.1 Å². The van der Waals surface area contributed by atoms with Crippen molar-refractivity contribution >= 4 is 22.6 Å². The van der Waals surface area contributed by atoms with Crippen molar-refractivity contribution < 1.29 is 4.92 Å². The average Bonchev–Trinajstić information content (AvgIpc) is 2.42. The molecular weight excluding hydrogens is 221 g/mol. The smallest absolute Gasteiger partial charge is 0.217 e. The third-order valence-corrected chi connectivity index (χ3v) is 2.49. The zero-order valence-corrected chi connectivity index (χ0v) is 6.37. The molecule has 1 aliphatic rings. The molecule has 2 unspecified atom stereocenters. The highest BCUT2D eigenvalue weighted by molar-refractivity contribution is 14.1. The monoisotopic (exact) mass is 227 g/mol. The lowest BCUT2D eigenvalue weighted by Gasteiger charge is -1.83. The summed E-state index contributed by atoms with van der Waals surface area (Å²) in [5, 5.41) is 9.93. The van der Waals surface area contributed by atoms with E-state index >= 15 is 0 Å². The Balaban J connectivity index is 2.26. The first-order valence-electron chi connectivity index (χ1n) is 2.45. The van der Waals surface area contributed by atoms with Crippen LogP contribution in [-0.2, 0) is 0 Å². The van der Waals surface area contributed by atoms with Crippen LogP contribution in [-0.4, -0.2) is 15.4 Å². The van der Waals surface area contributed by atoms with E-state index in [-0.39, 0.29) is 11.0 Å². The van der Waals surface area contributed by atoms with Crippen LogP contribution >= 0.6 is 22.6 Å². The van der Waals surface area contributed by atoms with Crippen molar-refractivity contribution in [3.63, 3.8) is 0 Å². The van der Waals surface area contributed by atoms with E-state index in [1.54, 1.807) is 0 Å². The predicted molar refractivity (Wildman–Crippen MR) is 37.8 cm³/mol. The normalized spacial score (nSPS) is 34.6. The number of nitrogens with zero attached hydrogens (tertiary/aromatic N) is 1. The van der Waals surface area contributed by atoms with Crippen molar-refractivity contribution in [2.24, 2.45) is 5.92 Å². The molecule has 1 saturated carbocycles. The molecular formula is C4H6INO2. The summed E-state index contributed by atoms with van der Waals surface area (Å²) >= 11 is 2.18. The Morgan fingerprint density at radius 3 is 2.62 bits per heavy atom. The molecule has 1 rings (SSSR count). The summed E-state index contributed by atoms with van der Waals surface area (Å²) in [6.45, 7) is 0. The first-order chi connectivity index (χ1) is 3.75. The summed E-state index contributed by atoms with van der Waals surface area (Å²) in [7, 11) is 0. The molecule has 0 saturated heterocycles. The van der Waals surface area contributed by atoms with Crippen LogP contribution in [0.2, 0.25) is 0 Å². The maximum Gasteiger partial charge on any atom is 0.217 e. The second-order valence-corrected chi connectivity index (χ2v) is 2.88. The minimum atomic E-state index is -0.202. The van der Waals surface area contributed by atoms with Gasteiger partial charge in [-0.15, -0.1) is 0 Å². The SMILES string of the molecule is O=[N+]([O-])C1CC1CI. The quantitative estimate of drug-likeness (QED) is 0.306. The van der Waals surface area contributed by atoms with Crippen LogP contribution < -0.4 is 0 Å². The fourth-order valence-corrected chi connectivity index (χ4v) is 1.60. The highest BCUT2D eigenvalue weighted by atomic mass is 127. The van der Waals surface area contributed by atoms with Crippen molar-refractivity contribution in [1.82, 2.24) is 0 Å². The Morgan fingerprint density at radius 1 is 1.88 bits per heavy atom. The zero-order chi connectivity index (χ0) is 6.15. The van der Waals surface area contributed by atoms with Crippen molar-refractivity contribution in [2.75, 3.05) is 4.43 Å². The van der Waals surface area contributed by atoms with Gasteiger partial charge in [-0.25, -0.2) is 0 Å². The van der Waals surface area contributed by atoms with Gasteiger partial charge in [0.05, 0.1) is 0 Å². The number of alkyl halides is 1. The van der Waals surface area contributed by atoms with Gasteiger partial charge in [0.25, 0.3) is 0 Å². The molecule has 0 aliphatic heterocycles. The summed E-state index contributed by atoms with van der Waals surface area (Å²) < 4.78 is 0.934. The highest BCUT2D eigenvalue weighted by Gasteiger charge is 2.46. The van der Waals surface area contributed by atoms with Crippen LogP contribution in [0.3, 0.4) is 0 Å². The second kappa shape index (κ2) is 2.16. The number of rotatable bonds is 2. The van der Waals surface area contributed by atoms with Gasteiger partial charge < -0.3 is 0 Å². The van der Waals surface area contributed by atoms with Gasteiger partial charge in [-0.1, -0.05) is 22.6 Å². The number of hydrogen-bond acceptors (Lipinski definition) is 2. The number of hydrogen-bond donors (Lipinski definition) is 0. The minimum absolute atomic E-state index is 0.177. The number of nitro groups is 1. The maximum absolute atomic E-state index is 9.93. The number of halogens is 1. The molecule has 0 amide bonds. The third-order valence-electron chi connectivity index (χ3n) is 1.35. The van der Waals surface area contributed by atoms with Crippen LogP contribution in [0.1, 0.15) is 6.42 Å². The molecule has 8 heavy (non-hydrogen) atoms. The molecule has 2 atom stereocenters.